The van der Waals surface area contributed by atoms with E-state index >= 15 is 0 Å². The molecule has 4 heteroatoms. The number of hydrogen-bond acceptors (Lipinski definition) is 3. The number of methoxy groups -OCH3 is 1. The molecule has 0 fully saturated rings. The summed E-state index contributed by atoms with van der Waals surface area (Å²) in [6.07, 6.45) is 0. The highest BCUT2D eigenvalue weighted by molar-refractivity contribution is 6.31. The van der Waals surface area contributed by atoms with Crippen LogP contribution < -0.4 is 14.8 Å². The van der Waals surface area contributed by atoms with Crippen LogP contribution in [-0.4, -0.2) is 7.11 Å². The quantitative estimate of drug-likeness (QED) is 0.568. The van der Waals surface area contributed by atoms with Crippen molar-refractivity contribution < 1.29 is 9.47 Å². The molecule has 0 spiro atoms. The summed E-state index contributed by atoms with van der Waals surface area (Å²) in [4.78, 5) is 0. The highest BCUT2D eigenvalue weighted by Gasteiger charge is 2.07. The third-order valence-electron chi connectivity index (χ3n) is 4.22. The molecule has 26 heavy (non-hydrogen) atoms. The number of rotatable bonds is 7. The van der Waals surface area contributed by atoms with Gasteiger partial charge in [-0.05, 0) is 47.9 Å². The van der Waals surface area contributed by atoms with Crippen LogP contribution in [0.5, 0.6) is 11.5 Å². The molecule has 3 aromatic rings. The zero-order chi connectivity index (χ0) is 18.4. The fourth-order valence-electron chi connectivity index (χ4n) is 2.67. The second-order valence-electron chi connectivity index (χ2n) is 6.03. The van der Waals surface area contributed by atoms with Gasteiger partial charge in [-0.3, -0.25) is 0 Å². The van der Waals surface area contributed by atoms with Gasteiger partial charge in [-0.2, -0.15) is 0 Å². The van der Waals surface area contributed by atoms with Crippen LogP contribution in [0.25, 0.3) is 0 Å². The minimum Gasteiger partial charge on any atom is -0.493 e. The molecule has 134 valence electrons. The van der Waals surface area contributed by atoms with E-state index in [0.29, 0.717) is 13.2 Å². The van der Waals surface area contributed by atoms with Crippen molar-refractivity contribution in [3.8, 4) is 11.5 Å². The highest BCUT2D eigenvalue weighted by Crippen LogP contribution is 2.30. The molecule has 0 saturated heterocycles. The van der Waals surface area contributed by atoms with Gasteiger partial charge in [0.25, 0.3) is 0 Å². The lowest BCUT2D eigenvalue weighted by atomic mass is 10.1. The predicted molar refractivity (Wildman–Crippen MR) is 107 cm³/mol. The van der Waals surface area contributed by atoms with Gasteiger partial charge < -0.3 is 14.8 Å². The average Bonchev–Trinajstić information content (AvgIpc) is 2.68. The van der Waals surface area contributed by atoms with Crippen LogP contribution in [0, 0.1) is 6.92 Å². The maximum absolute atomic E-state index is 6.17. The van der Waals surface area contributed by atoms with E-state index in [0.717, 1.165) is 38.9 Å². The fraction of sp³-hybridized carbons (Fsp3) is 0.182. The maximum Gasteiger partial charge on any atom is 0.161 e. The van der Waals surface area contributed by atoms with Crippen molar-refractivity contribution in [2.75, 3.05) is 12.4 Å². The fourth-order valence-corrected chi connectivity index (χ4v) is 2.85. The van der Waals surface area contributed by atoms with E-state index in [1.54, 1.807) is 7.11 Å². The first-order chi connectivity index (χ1) is 12.7. The van der Waals surface area contributed by atoms with Gasteiger partial charge in [-0.25, -0.2) is 0 Å². The molecule has 0 aliphatic carbocycles. The molecule has 0 aliphatic rings. The zero-order valence-electron chi connectivity index (χ0n) is 15.0. The van der Waals surface area contributed by atoms with Crippen LogP contribution in [0.15, 0.2) is 66.7 Å². The predicted octanol–water partition coefficient (Wildman–Crippen LogP) is 5.85. The standard InChI is InChI=1S/C22H22ClNO2/c1-16-19(23)9-6-10-20(16)24-14-18-11-12-21(22(13-18)25-2)26-15-17-7-4-3-5-8-17/h3-13,24H,14-15H2,1-2H3. The molecule has 0 atom stereocenters. The molecule has 0 aromatic heterocycles. The first kappa shape index (κ1) is 18.2. The summed E-state index contributed by atoms with van der Waals surface area (Å²) in [5.41, 5.74) is 4.30. The van der Waals surface area contributed by atoms with Crippen molar-refractivity contribution in [2.45, 2.75) is 20.1 Å². The Morgan fingerprint density at radius 2 is 1.69 bits per heavy atom. The van der Waals surface area contributed by atoms with Crippen molar-refractivity contribution in [3.05, 3.63) is 88.4 Å². The Morgan fingerprint density at radius 1 is 0.885 bits per heavy atom. The third-order valence-corrected chi connectivity index (χ3v) is 4.63. The normalized spacial score (nSPS) is 10.4. The van der Waals surface area contributed by atoms with Gasteiger partial charge in [0.15, 0.2) is 11.5 Å². The minimum absolute atomic E-state index is 0.510. The number of ether oxygens (including phenoxy) is 2. The number of benzene rings is 3. The first-order valence-corrected chi connectivity index (χ1v) is 8.88. The van der Waals surface area contributed by atoms with E-state index in [1.807, 2.05) is 73.7 Å². The molecular formula is C22H22ClNO2. The number of hydrogen-bond donors (Lipinski definition) is 1. The highest BCUT2D eigenvalue weighted by atomic mass is 35.5. The monoisotopic (exact) mass is 367 g/mol. The largest absolute Gasteiger partial charge is 0.493 e. The average molecular weight is 368 g/mol. The molecule has 0 radical (unpaired) electrons. The summed E-state index contributed by atoms with van der Waals surface area (Å²) in [6, 6.07) is 21.9. The van der Waals surface area contributed by atoms with Crippen molar-refractivity contribution >= 4 is 17.3 Å². The van der Waals surface area contributed by atoms with Gasteiger partial charge in [0.2, 0.25) is 0 Å². The summed E-state index contributed by atoms with van der Waals surface area (Å²) < 4.78 is 11.4. The van der Waals surface area contributed by atoms with Crippen LogP contribution in [0.4, 0.5) is 5.69 Å². The van der Waals surface area contributed by atoms with Gasteiger partial charge in [0.05, 0.1) is 7.11 Å². The van der Waals surface area contributed by atoms with Crippen LogP contribution in [0.3, 0.4) is 0 Å². The molecule has 0 heterocycles. The Hall–Kier alpha value is -2.65. The van der Waals surface area contributed by atoms with Gasteiger partial charge >= 0.3 is 0 Å². The van der Waals surface area contributed by atoms with Crippen LogP contribution in [0.1, 0.15) is 16.7 Å². The van der Waals surface area contributed by atoms with Crippen molar-refractivity contribution in [1.82, 2.24) is 0 Å². The van der Waals surface area contributed by atoms with Crippen LogP contribution >= 0.6 is 11.6 Å². The molecular weight excluding hydrogens is 346 g/mol. The lowest BCUT2D eigenvalue weighted by Crippen LogP contribution is -2.03. The summed E-state index contributed by atoms with van der Waals surface area (Å²) in [6.45, 7) is 3.19. The molecule has 0 amide bonds. The van der Waals surface area contributed by atoms with Crippen LogP contribution in [0.2, 0.25) is 5.02 Å². The zero-order valence-corrected chi connectivity index (χ0v) is 15.7. The summed E-state index contributed by atoms with van der Waals surface area (Å²) in [7, 11) is 1.66. The molecule has 0 saturated carbocycles. The van der Waals surface area contributed by atoms with Gasteiger partial charge in [0, 0.05) is 17.3 Å². The molecule has 1 N–H and O–H groups in total. The van der Waals surface area contributed by atoms with E-state index in [2.05, 4.69) is 5.32 Å². The molecule has 0 unspecified atom stereocenters. The summed E-state index contributed by atoms with van der Waals surface area (Å²) >= 11 is 6.17. The lowest BCUT2D eigenvalue weighted by Gasteiger charge is -2.14. The second kappa shape index (κ2) is 8.63. The first-order valence-electron chi connectivity index (χ1n) is 8.50. The smallest absolute Gasteiger partial charge is 0.161 e. The SMILES string of the molecule is COc1cc(CNc2cccc(Cl)c2C)ccc1OCc1ccccc1. The van der Waals surface area contributed by atoms with E-state index in [-0.39, 0.29) is 0 Å². The van der Waals surface area contributed by atoms with Crippen molar-refractivity contribution in [2.24, 2.45) is 0 Å². The van der Waals surface area contributed by atoms with Gasteiger partial charge in [-0.15, -0.1) is 0 Å². The van der Waals surface area contributed by atoms with E-state index in [9.17, 15) is 0 Å². The molecule has 3 aromatic carbocycles. The molecule has 0 aliphatic heterocycles. The Kier molecular flexibility index (Phi) is 6.03. The van der Waals surface area contributed by atoms with Crippen molar-refractivity contribution in [1.29, 1.82) is 0 Å². The van der Waals surface area contributed by atoms with E-state index in [1.165, 1.54) is 0 Å². The van der Waals surface area contributed by atoms with Gasteiger partial charge in [0.1, 0.15) is 6.61 Å². The number of nitrogens with one attached hydrogen (secondary N) is 1. The van der Waals surface area contributed by atoms with Gasteiger partial charge in [-0.1, -0.05) is 54.1 Å². The Balaban J connectivity index is 1.67. The maximum atomic E-state index is 6.17. The molecule has 0 bridgehead atoms. The molecule has 3 rings (SSSR count). The number of halogens is 1. The number of anilines is 1. The summed E-state index contributed by atoms with van der Waals surface area (Å²) in [5.74, 6) is 1.46. The summed E-state index contributed by atoms with van der Waals surface area (Å²) in [5, 5.41) is 4.18. The lowest BCUT2D eigenvalue weighted by molar-refractivity contribution is 0.284. The Morgan fingerprint density at radius 3 is 2.46 bits per heavy atom. The Labute approximate surface area is 159 Å². The Bertz CT molecular complexity index is 865. The topological polar surface area (TPSA) is 30.5 Å². The molecule has 3 nitrogen and oxygen atoms in total. The van der Waals surface area contributed by atoms with E-state index < -0.39 is 0 Å². The second-order valence-corrected chi connectivity index (χ2v) is 6.43. The third kappa shape index (κ3) is 4.50. The van der Waals surface area contributed by atoms with Crippen molar-refractivity contribution in [3.63, 3.8) is 0 Å². The van der Waals surface area contributed by atoms with Crippen LogP contribution in [-0.2, 0) is 13.2 Å². The minimum atomic E-state index is 0.510. The van der Waals surface area contributed by atoms with E-state index in [4.69, 9.17) is 21.1 Å².